The van der Waals surface area contributed by atoms with Crippen LogP contribution in [0.15, 0.2) is 53.6 Å². The summed E-state index contributed by atoms with van der Waals surface area (Å²) in [6.45, 7) is 0. The minimum atomic E-state index is -0.431. The standard InChI is InChI=1S/C15H12ClN5O2/c1-20-14(22)7-6-12(19-20)15(23)18-10-8-17-21(9-10)13-5-3-2-4-11(13)16/h2-9H,1H3,(H,18,23). The first-order valence-corrected chi connectivity index (χ1v) is 7.08. The highest BCUT2D eigenvalue weighted by Gasteiger charge is 2.11. The van der Waals surface area contributed by atoms with Crippen LogP contribution in [0.2, 0.25) is 5.02 Å². The smallest absolute Gasteiger partial charge is 0.276 e. The zero-order valence-corrected chi connectivity index (χ0v) is 12.9. The van der Waals surface area contributed by atoms with Crippen molar-refractivity contribution in [2.75, 3.05) is 5.32 Å². The van der Waals surface area contributed by atoms with Gasteiger partial charge >= 0.3 is 0 Å². The summed E-state index contributed by atoms with van der Waals surface area (Å²) in [4.78, 5) is 23.4. The Balaban J connectivity index is 1.81. The number of halogens is 1. The lowest BCUT2D eigenvalue weighted by atomic mass is 10.3. The molecule has 0 saturated heterocycles. The van der Waals surface area contributed by atoms with E-state index in [0.717, 1.165) is 4.68 Å². The molecule has 3 aromatic rings. The number of aromatic nitrogens is 4. The van der Waals surface area contributed by atoms with Crippen molar-refractivity contribution in [2.45, 2.75) is 0 Å². The average Bonchev–Trinajstić information content (AvgIpc) is 2.98. The molecule has 0 aliphatic rings. The summed E-state index contributed by atoms with van der Waals surface area (Å²) in [6.07, 6.45) is 3.14. The molecule has 116 valence electrons. The Bertz CT molecular complexity index is 931. The van der Waals surface area contributed by atoms with E-state index in [1.54, 1.807) is 16.9 Å². The molecule has 8 heteroatoms. The van der Waals surface area contributed by atoms with Crippen molar-refractivity contribution < 1.29 is 4.79 Å². The third kappa shape index (κ3) is 3.14. The Morgan fingerprint density at radius 1 is 1.22 bits per heavy atom. The van der Waals surface area contributed by atoms with Crippen LogP contribution in [0, 0.1) is 0 Å². The summed E-state index contributed by atoms with van der Waals surface area (Å²) in [5.74, 6) is -0.431. The Hall–Kier alpha value is -2.93. The van der Waals surface area contributed by atoms with E-state index in [0.29, 0.717) is 16.4 Å². The molecule has 0 aliphatic carbocycles. The van der Waals surface area contributed by atoms with Crippen molar-refractivity contribution in [3.05, 3.63) is 69.9 Å². The van der Waals surface area contributed by atoms with Gasteiger partial charge in [-0.25, -0.2) is 9.36 Å². The third-order valence-corrected chi connectivity index (χ3v) is 3.45. The molecule has 0 bridgehead atoms. The van der Waals surface area contributed by atoms with E-state index in [9.17, 15) is 9.59 Å². The zero-order valence-electron chi connectivity index (χ0n) is 12.1. The predicted octanol–water partition coefficient (Wildman–Crippen LogP) is 1.87. The fourth-order valence-corrected chi connectivity index (χ4v) is 2.20. The normalized spacial score (nSPS) is 10.5. The van der Waals surface area contributed by atoms with E-state index in [4.69, 9.17) is 11.6 Å². The van der Waals surface area contributed by atoms with Crippen LogP contribution < -0.4 is 10.9 Å². The molecule has 23 heavy (non-hydrogen) atoms. The molecule has 0 unspecified atom stereocenters. The molecule has 1 amide bonds. The Morgan fingerprint density at radius 2 is 2.00 bits per heavy atom. The van der Waals surface area contributed by atoms with E-state index >= 15 is 0 Å². The van der Waals surface area contributed by atoms with Gasteiger partial charge in [-0.15, -0.1) is 0 Å². The van der Waals surface area contributed by atoms with E-state index in [2.05, 4.69) is 15.5 Å². The Labute approximate surface area is 136 Å². The van der Waals surface area contributed by atoms with Crippen molar-refractivity contribution in [2.24, 2.45) is 7.05 Å². The SMILES string of the molecule is Cn1nc(C(=O)Nc2cnn(-c3ccccc3Cl)c2)ccc1=O. The molecule has 2 aromatic heterocycles. The molecule has 0 saturated carbocycles. The minimum Gasteiger partial charge on any atom is -0.318 e. The molecule has 0 radical (unpaired) electrons. The zero-order chi connectivity index (χ0) is 16.4. The predicted molar refractivity (Wildman–Crippen MR) is 86.0 cm³/mol. The molecule has 0 aliphatic heterocycles. The van der Waals surface area contributed by atoms with Gasteiger partial charge in [-0.1, -0.05) is 23.7 Å². The number of para-hydroxylation sites is 1. The van der Waals surface area contributed by atoms with E-state index in [1.807, 2.05) is 18.2 Å². The van der Waals surface area contributed by atoms with E-state index in [1.165, 1.54) is 25.4 Å². The molecular formula is C15H12ClN5O2. The molecule has 2 heterocycles. The molecule has 1 aromatic carbocycles. The van der Waals surface area contributed by atoms with Gasteiger partial charge in [-0.3, -0.25) is 9.59 Å². The summed E-state index contributed by atoms with van der Waals surface area (Å²) in [5, 5.41) is 11.3. The quantitative estimate of drug-likeness (QED) is 0.795. The van der Waals surface area contributed by atoms with E-state index < -0.39 is 5.91 Å². The molecule has 0 atom stereocenters. The summed E-state index contributed by atoms with van der Waals surface area (Å²) in [5.41, 5.74) is 1.05. The monoisotopic (exact) mass is 329 g/mol. The number of aryl methyl sites for hydroxylation is 1. The highest BCUT2D eigenvalue weighted by molar-refractivity contribution is 6.32. The topological polar surface area (TPSA) is 81.8 Å². The third-order valence-electron chi connectivity index (χ3n) is 3.13. The average molecular weight is 330 g/mol. The first-order chi connectivity index (χ1) is 11.0. The fraction of sp³-hybridized carbons (Fsp3) is 0.0667. The van der Waals surface area contributed by atoms with Gasteiger partial charge in [0.25, 0.3) is 11.5 Å². The number of benzene rings is 1. The van der Waals surface area contributed by atoms with Crippen molar-refractivity contribution >= 4 is 23.2 Å². The molecular weight excluding hydrogens is 318 g/mol. The summed E-state index contributed by atoms with van der Waals surface area (Å²) in [6, 6.07) is 9.89. The second-order valence-electron chi connectivity index (χ2n) is 4.76. The van der Waals surface area contributed by atoms with Crippen LogP contribution in [0.3, 0.4) is 0 Å². The number of nitrogens with zero attached hydrogens (tertiary/aromatic N) is 4. The van der Waals surface area contributed by atoms with Crippen LogP contribution in [0.25, 0.3) is 5.69 Å². The first kappa shape index (κ1) is 15.0. The largest absolute Gasteiger partial charge is 0.318 e. The number of anilines is 1. The lowest BCUT2D eigenvalue weighted by molar-refractivity contribution is 0.102. The van der Waals surface area contributed by atoms with Gasteiger partial charge in [0, 0.05) is 13.1 Å². The van der Waals surface area contributed by atoms with Crippen molar-refractivity contribution in [3.8, 4) is 5.69 Å². The number of carbonyl (C=O) groups is 1. The minimum absolute atomic E-state index is 0.137. The number of hydrogen-bond acceptors (Lipinski definition) is 4. The second-order valence-corrected chi connectivity index (χ2v) is 5.17. The number of carbonyl (C=O) groups excluding carboxylic acids is 1. The summed E-state index contributed by atoms with van der Waals surface area (Å²) < 4.78 is 2.66. The van der Waals surface area contributed by atoms with Crippen LogP contribution in [-0.2, 0) is 7.05 Å². The maximum atomic E-state index is 12.1. The van der Waals surface area contributed by atoms with Gasteiger partial charge in [-0.2, -0.15) is 10.2 Å². The lowest BCUT2D eigenvalue weighted by Crippen LogP contribution is -2.23. The van der Waals surface area contributed by atoms with Crippen LogP contribution in [-0.4, -0.2) is 25.5 Å². The van der Waals surface area contributed by atoms with Gasteiger partial charge in [0.05, 0.1) is 28.8 Å². The Kier molecular flexibility index (Phi) is 3.94. The first-order valence-electron chi connectivity index (χ1n) is 6.70. The number of rotatable bonds is 3. The van der Waals surface area contributed by atoms with Crippen molar-refractivity contribution in [1.29, 1.82) is 0 Å². The molecule has 1 N–H and O–H groups in total. The van der Waals surface area contributed by atoms with Gasteiger partial charge in [0.15, 0.2) is 0 Å². The van der Waals surface area contributed by atoms with Crippen molar-refractivity contribution in [1.82, 2.24) is 19.6 Å². The van der Waals surface area contributed by atoms with Crippen LogP contribution in [0.1, 0.15) is 10.5 Å². The van der Waals surface area contributed by atoms with Gasteiger partial charge in [-0.05, 0) is 18.2 Å². The second kappa shape index (κ2) is 6.05. The fourth-order valence-electron chi connectivity index (χ4n) is 1.98. The molecule has 7 nitrogen and oxygen atoms in total. The van der Waals surface area contributed by atoms with Gasteiger partial charge in [0.1, 0.15) is 5.69 Å². The Morgan fingerprint density at radius 3 is 2.74 bits per heavy atom. The highest BCUT2D eigenvalue weighted by atomic mass is 35.5. The molecule has 3 rings (SSSR count). The van der Waals surface area contributed by atoms with Crippen molar-refractivity contribution in [3.63, 3.8) is 0 Å². The van der Waals surface area contributed by atoms with Gasteiger partial charge < -0.3 is 5.32 Å². The number of nitrogens with one attached hydrogen (secondary N) is 1. The maximum Gasteiger partial charge on any atom is 0.276 e. The lowest BCUT2D eigenvalue weighted by Gasteiger charge is -2.04. The molecule has 0 fully saturated rings. The number of amides is 1. The number of hydrogen-bond donors (Lipinski definition) is 1. The van der Waals surface area contributed by atoms with Crippen LogP contribution in [0.4, 0.5) is 5.69 Å². The van der Waals surface area contributed by atoms with Crippen LogP contribution in [0.5, 0.6) is 0 Å². The van der Waals surface area contributed by atoms with E-state index in [-0.39, 0.29) is 11.3 Å². The van der Waals surface area contributed by atoms with Gasteiger partial charge in [0.2, 0.25) is 0 Å². The summed E-state index contributed by atoms with van der Waals surface area (Å²) >= 11 is 6.11. The molecule has 0 spiro atoms. The van der Waals surface area contributed by atoms with Crippen LogP contribution >= 0.6 is 11.6 Å². The highest BCUT2D eigenvalue weighted by Crippen LogP contribution is 2.20. The summed E-state index contributed by atoms with van der Waals surface area (Å²) in [7, 11) is 1.48. The maximum absolute atomic E-state index is 12.1.